The van der Waals surface area contributed by atoms with E-state index < -0.39 is 0 Å². The van der Waals surface area contributed by atoms with Gasteiger partial charge in [0.15, 0.2) is 0 Å². The van der Waals surface area contributed by atoms with Crippen molar-refractivity contribution in [3.05, 3.63) is 62.1 Å². The molecule has 1 amide bonds. The van der Waals surface area contributed by atoms with Gasteiger partial charge < -0.3 is 15.3 Å². The van der Waals surface area contributed by atoms with E-state index in [1.807, 2.05) is 24.4 Å². The summed E-state index contributed by atoms with van der Waals surface area (Å²) >= 11 is 7.30. The number of nitrogens with one attached hydrogen (secondary N) is 3. The third kappa shape index (κ3) is 2.89. The highest BCUT2D eigenvalue weighted by Gasteiger charge is 2.18. The maximum Gasteiger partial charge on any atom is 0.261 e. The third-order valence-corrected chi connectivity index (χ3v) is 5.78. The molecular weight excluding hydrogens is 372 g/mol. The van der Waals surface area contributed by atoms with Gasteiger partial charge in [-0.1, -0.05) is 11.6 Å². The molecule has 0 unspecified atom stereocenters. The van der Waals surface area contributed by atoms with Crippen molar-refractivity contribution < 1.29 is 4.79 Å². The summed E-state index contributed by atoms with van der Waals surface area (Å²) in [4.78, 5) is 35.4. The lowest BCUT2D eigenvalue weighted by Crippen LogP contribution is -2.25. The standard InChI is InChI=1S/C18H15ClN4O2S/c1-9-14-16(24)22-8-23-18(14)26-15(9)17(25)20-5-4-10-7-21-13-3-2-11(19)6-12(10)13/h2-3,6-8,21H,4-5H2,1H3,(H,20,25)(H,22,23,24). The van der Waals surface area contributed by atoms with Crippen LogP contribution in [0.3, 0.4) is 0 Å². The van der Waals surface area contributed by atoms with E-state index in [9.17, 15) is 9.59 Å². The minimum atomic E-state index is -0.224. The second kappa shape index (κ2) is 6.59. The summed E-state index contributed by atoms with van der Waals surface area (Å²) in [6.07, 6.45) is 3.96. The highest BCUT2D eigenvalue weighted by molar-refractivity contribution is 7.20. The Kier molecular flexibility index (Phi) is 4.26. The lowest BCUT2D eigenvalue weighted by atomic mass is 10.1. The molecule has 6 nitrogen and oxygen atoms in total. The normalized spacial score (nSPS) is 11.3. The number of fused-ring (bicyclic) bond motifs is 2. The van der Waals surface area contributed by atoms with Gasteiger partial charge in [0.1, 0.15) is 4.83 Å². The lowest BCUT2D eigenvalue weighted by Gasteiger charge is -2.04. The first-order chi connectivity index (χ1) is 12.5. The van der Waals surface area contributed by atoms with Gasteiger partial charge in [-0.15, -0.1) is 11.3 Å². The summed E-state index contributed by atoms with van der Waals surface area (Å²) in [5.74, 6) is -0.192. The van der Waals surface area contributed by atoms with Crippen molar-refractivity contribution in [1.29, 1.82) is 0 Å². The quantitative estimate of drug-likeness (QED) is 0.502. The maximum atomic E-state index is 12.5. The van der Waals surface area contributed by atoms with Crippen molar-refractivity contribution >= 4 is 50.0 Å². The number of thiophene rings is 1. The number of aryl methyl sites for hydroxylation is 1. The van der Waals surface area contributed by atoms with Crippen molar-refractivity contribution in [1.82, 2.24) is 20.3 Å². The number of amides is 1. The van der Waals surface area contributed by atoms with Crippen molar-refractivity contribution in [2.24, 2.45) is 0 Å². The predicted octanol–water partition coefficient (Wildman–Crippen LogP) is 3.40. The van der Waals surface area contributed by atoms with Crippen molar-refractivity contribution in [2.45, 2.75) is 13.3 Å². The SMILES string of the molecule is Cc1c(C(=O)NCCc2c[nH]c3ccc(Cl)cc23)sc2nc[nH]c(=O)c12. The number of halogens is 1. The Labute approximate surface area is 157 Å². The van der Waals surface area contributed by atoms with Crippen LogP contribution >= 0.6 is 22.9 Å². The minimum absolute atomic E-state index is 0.192. The van der Waals surface area contributed by atoms with E-state index in [1.54, 1.807) is 6.92 Å². The second-order valence-electron chi connectivity index (χ2n) is 5.98. The number of carbonyl (C=O) groups excluding carboxylic acids is 1. The molecule has 0 radical (unpaired) electrons. The number of aromatic amines is 2. The Hall–Kier alpha value is -2.64. The summed E-state index contributed by atoms with van der Waals surface area (Å²) in [6.45, 7) is 2.25. The van der Waals surface area contributed by atoms with E-state index in [0.717, 1.165) is 16.5 Å². The summed E-state index contributed by atoms with van der Waals surface area (Å²) in [5, 5.41) is 5.14. The van der Waals surface area contributed by atoms with Crippen LogP contribution in [0.4, 0.5) is 0 Å². The molecule has 8 heteroatoms. The molecule has 0 fully saturated rings. The fourth-order valence-corrected chi connectivity index (χ4v) is 4.28. The molecule has 0 bridgehead atoms. The van der Waals surface area contributed by atoms with Crippen LogP contribution in [0.25, 0.3) is 21.1 Å². The summed E-state index contributed by atoms with van der Waals surface area (Å²) in [6, 6.07) is 5.69. The van der Waals surface area contributed by atoms with E-state index in [2.05, 4.69) is 20.3 Å². The fourth-order valence-electron chi connectivity index (χ4n) is 3.04. The van der Waals surface area contributed by atoms with Crippen molar-refractivity contribution in [3.63, 3.8) is 0 Å². The Balaban J connectivity index is 1.51. The molecule has 0 aliphatic heterocycles. The number of rotatable bonds is 4. The fraction of sp³-hybridized carbons (Fsp3) is 0.167. The molecule has 0 spiro atoms. The number of H-pyrrole nitrogens is 2. The molecule has 0 aliphatic carbocycles. The molecule has 3 aromatic heterocycles. The van der Waals surface area contributed by atoms with Gasteiger partial charge in [0, 0.05) is 28.7 Å². The molecule has 4 aromatic rings. The monoisotopic (exact) mass is 386 g/mol. The first-order valence-corrected chi connectivity index (χ1v) is 9.24. The number of carbonyl (C=O) groups is 1. The molecule has 0 atom stereocenters. The summed E-state index contributed by atoms with van der Waals surface area (Å²) < 4.78 is 0. The van der Waals surface area contributed by atoms with Crippen LogP contribution in [0.15, 0.2) is 35.5 Å². The van der Waals surface area contributed by atoms with Crippen molar-refractivity contribution in [2.75, 3.05) is 6.54 Å². The summed E-state index contributed by atoms with van der Waals surface area (Å²) in [7, 11) is 0. The lowest BCUT2D eigenvalue weighted by molar-refractivity contribution is 0.0957. The zero-order valence-electron chi connectivity index (χ0n) is 13.9. The van der Waals surface area contributed by atoms with Crippen LogP contribution in [0, 0.1) is 6.92 Å². The average molecular weight is 387 g/mol. The topological polar surface area (TPSA) is 90.6 Å². The number of aromatic nitrogens is 3. The Morgan fingerprint density at radius 2 is 2.19 bits per heavy atom. The van der Waals surface area contributed by atoms with Crippen LogP contribution in [0.5, 0.6) is 0 Å². The number of hydrogen-bond acceptors (Lipinski definition) is 4. The van der Waals surface area contributed by atoms with Gasteiger partial charge in [0.2, 0.25) is 0 Å². The summed E-state index contributed by atoms with van der Waals surface area (Å²) in [5.41, 5.74) is 2.55. The van der Waals surface area contributed by atoms with Crippen molar-refractivity contribution in [3.8, 4) is 0 Å². The molecule has 0 saturated carbocycles. The van der Waals surface area contributed by atoms with Crippen LogP contribution < -0.4 is 10.9 Å². The van der Waals surface area contributed by atoms with Gasteiger partial charge in [-0.25, -0.2) is 4.98 Å². The smallest absolute Gasteiger partial charge is 0.261 e. The van der Waals surface area contributed by atoms with Gasteiger partial charge in [-0.2, -0.15) is 0 Å². The Morgan fingerprint density at radius 3 is 3.00 bits per heavy atom. The zero-order chi connectivity index (χ0) is 18.3. The van der Waals surface area contributed by atoms with Gasteiger partial charge in [0.05, 0.1) is 16.6 Å². The number of hydrogen-bond donors (Lipinski definition) is 3. The van der Waals surface area contributed by atoms with Crippen LogP contribution in [0.2, 0.25) is 5.02 Å². The zero-order valence-corrected chi connectivity index (χ0v) is 15.4. The Morgan fingerprint density at radius 1 is 1.35 bits per heavy atom. The van der Waals surface area contributed by atoms with Gasteiger partial charge in [-0.3, -0.25) is 9.59 Å². The average Bonchev–Trinajstić information content (AvgIpc) is 3.17. The first-order valence-electron chi connectivity index (χ1n) is 8.05. The van der Waals surface area contributed by atoms with Crippen LogP contribution in [-0.4, -0.2) is 27.4 Å². The Bertz CT molecular complexity index is 1190. The second-order valence-corrected chi connectivity index (χ2v) is 7.41. The van der Waals surface area contributed by atoms with E-state index in [1.165, 1.54) is 17.7 Å². The van der Waals surface area contributed by atoms with Crippen LogP contribution in [0.1, 0.15) is 20.8 Å². The van der Waals surface area contributed by atoms with Gasteiger partial charge in [0.25, 0.3) is 11.5 Å². The van der Waals surface area contributed by atoms with Crippen LogP contribution in [-0.2, 0) is 6.42 Å². The van der Waals surface area contributed by atoms with E-state index in [-0.39, 0.29) is 11.5 Å². The molecule has 3 heterocycles. The highest BCUT2D eigenvalue weighted by Crippen LogP contribution is 2.26. The largest absolute Gasteiger partial charge is 0.361 e. The van der Waals surface area contributed by atoms with E-state index in [0.29, 0.717) is 38.6 Å². The molecule has 132 valence electrons. The number of nitrogens with zero attached hydrogens (tertiary/aromatic N) is 1. The highest BCUT2D eigenvalue weighted by atomic mass is 35.5. The van der Waals surface area contributed by atoms with E-state index >= 15 is 0 Å². The molecule has 1 aromatic carbocycles. The van der Waals surface area contributed by atoms with E-state index in [4.69, 9.17) is 11.6 Å². The molecule has 3 N–H and O–H groups in total. The third-order valence-electron chi connectivity index (χ3n) is 4.35. The minimum Gasteiger partial charge on any atom is -0.361 e. The molecular formula is C18H15ClN4O2S. The molecule has 0 saturated heterocycles. The van der Waals surface area contributed by atoms with Gasteiger partial charge in [-0.05, 0) is 42.7 Å². The molecule has 0 aliphatic rings. The molecule has 4 rings (SSSR count). The predicted molar refractivity (Wildman–Crippen MR) is 104 cm³/mol. The maximum absolute atomic E-state index is 12.5. The number of benzene rings is 1. The van der Waals surface area contributed by atoms with Gasteiger partial charge >= 0.3 is 0 Å². The first kappa shape index (κ1) is 16.8. The molecule has 26 heavy (non-hydrogen) atoms.